The molecule has 22 heavy (non-hydrogen) atoms. The Kier molecular flexibility index (Phi) is 4.19. The normalized spacial score (nSPS) is 11.7. The minimum absolute atomic E-state index is 0.0248. The molecule has 4 nitrogen and oxygen atoms in total. The molecule has 0 aliphatic rings. The number of rotatable bonds is 2. The summed E-state index contributed by atoms with van der Waals surface area (Å²) in [5.74, 6) is 0.176. The Morgan fingerprint density at radius 3 is 2.50 bits per heavy atom. The molecule has 0 saturated heterocycles. The molecule has 0 bridgehead atoms. The van der Waals surface area contributed by atoms with E-state index in [-0.39, 0.29) is 22.1 Å². The van der Waals surface area contributed by atoms with E-state index in [0.717, 1.165) is 12.1 Å². The molecule has 8 heteroatoms. The summed E-state index contributed by atoms with van der Waals surface area (Å²) in [6, 6.07) is 2.91. The lowest BCUT2D eigenvalue weighted by Gasteiger charge is -2.14. The highest BCUT2D eigenvalue weighted by Gasteiger charge is 2.31. The van der Waals surface area contributed by atoms with Crippen LogP contribution in [-0.2, 0) is 19.6 Å². The maximum atomic E-state index is 12.7. The van der Waals surface area contributed by atoms with Gasteiger partial charge in [-0.05, 0) is 24.6 Å². The lowest BCUT2D eigenvalue weighted by molar-refractivity contribution is -0.137. The topological polar surface area (TPSA) is 60.9 Å². The van der Waals surface area contributed by atoms with Crippen molar-refractivity contribution in [1.82, 2.24) is 9.55 Å². The molecule has 0 unspecified atom stereocenters. The third-order valence-corrected chi connectivity index (χ3v) is 3.59. The van der Waals surface area contributed by atoms with E-state index in [1.54, 1.807) is 6.92 Å². The fourth-order valence-corrected chi connectivity index (χ4v) is 2.31. The number of halogens is 4. The van der Waals surface area contributed by atoms with Crippen molar-refractivity contribution in [3.8, 4) is 11.4 Å². The van der Waals surface area contributed by atoms with Gasteiger partial charge in [-0.25, -0.2) is 4.98 Å². The second-order valence-electron chi connectivity index (χ2n) is 4.71. The van der Waals surface area contributed by atoms with Crippen LogP contribution >= 0.6 is 11.6 Å². The van der Waals surface area contributed by atoms with Gasteiger partial charge in [-0.15, -0.1) is 0 Å². The van der Waals surface area contributed by atoms with Crippen LogP contribution in [-0.4, -0.2) is 9.55 Å². The number of alkyl halides is 3. The van der Waals surface area contributed by atoms with Crippen LogP contribution in [0.3, 0.4) is 0 Å². The Morgan fingerprint density at radius 1 is 1.36 bits per heavy atom. The summed E-state index contributed by atoms with van der Waals surface area (Å²) in [6.07, 6.45) is -4.07. The van der Waals surface area contributed by atoms with Crippen molar-refractivity contribution in [3.05, 3.63) is 44.8 Å². The highest BCUT2D eigenvalue weighted by Crippen LogP contribution is 2.34. The molecule has 2 N–H and O–H groups in total. The van der Waals surface area contributed by atoms with Crippen molar-refractivity contribution in [2.45, 2.75) is 19.5 Å². The van der Waals surface area contributed by atoms with E-state index in [0.29, 0.717) is 12.1 Å². The van der Waals surface area contributed by atoms with Crippen LogP contribution in [0.25, 0.3) is 11.4 Å². The molecule has 0 atom stereocenters. The predicted molar refractivity (Wildman–Crippen MR) is 78.7 cm³/mol. The summed E-state index contributed by atoms with van der Waals surface area (Å²) in [4.78, 5) is 16.3. The van der Waals surface area contributed by atoms with Crippen molar-refractivity contribution in [1.29, 1.82) is 0 Å². The molecule has 2 aromatic rings. The molecular weight excluding hydrogens is 319 g/mol. The number of benzene rings is 1. The molecular formula is C14H13ClF3N3O. The molecule has 1 aromatic carbocycles. The zero-order valence-electron chi connectivity index (χ0n) is 11.8. The van der Waals surface area contributed by atoms with E-state index in [1.165, 1.54) is 17.7 Å². The lowest BCUT2D eigenvalue weighted by atomic mass is 10.1. The number of nitrogen functional groups attached to an aromatic ring is 1. The molecule has 0 aliphatic carbocycles. The summed E-state index contributed by atoms with van der Waals surface area (Å²) in [5, 5.41) is -0.135. The molecule has 1 aromatic heterocycles. The van der Waals surface area contributed by atoms with E-state index < -0.39 is 17.3 Å². The number of nitrogens with two attached hydrogens (primary N) is 1. The van der Waals surface area contributed by atoms with E-state index in [9.17, 15) is 18.0 Å². The summed E-state index contributed by atoms with van der Waals surface area (Å²) < 4.78 is 39.2. The summed E-state index contributed by atoms with van der Waals surface area (Å²) in [5.41, 5.74) is 5.01. The van der Waals surface area contributed by atoms with E-state index in [2.05, 4.69) is 4.98 Å². The molecule has 0 aliphatic heterocycles. The zero-order chi connectivity index (χ0) is 16.7. The van der Waals surface area contributed by atoms with Crippen LogP contribution in [0.1, 0.15) is 18.2 Å². The van der Waals surface area contributed by atoms with Crippen LogP contribution in [0.4, 0.5) is 18.9 Å². The second-order valence-corrected chi connectivity index (χ2v) is 5.11. The Morgan fingerprint density at radius 2 is 2.00 bits per heavy atom. The first kappa shape index (κ1) is 16.4. The van der Waals surface area contributed by atoms with Gasteiger partial charge in [0.25, 0.3) is 5.56 Å². The van der Waals surface area contributed by atoms with E-state index >= 15 is 0 Å². The highest BCUT2D eigenvalue weighted by atomic mass is 35.5. The summed E-state index contributed by atoms with van der Waals surface area (Å²) in [6.45, 7) is 1.77. The third-order valence-electron chi connectivity index (χ3n) is 3.28. The third kappa shape index (κ3) is 2.81. The first-order valence-electron chi connectivity index (χ1n) is 6.39. The first-order valence-corrected chi connectivity index (χ1v) is 6.77. The van der Waals surface area contributed by atoms with Gasteiger partial charge in [-0.1, -0.05) is 18.5 Å². The highest BCUT2D eigenvalue weighted by molar-refractivity contribution is 6.33. The molecule has 0 radical (unpaired) electrons. The van der Waals surface area contributed by atoms with Gasteiger partial charge in [0.05, 0.1) is 16.3 Å². The monoisotopic (exact) mass is 331 g/mol. The fourth-order valence-electron chi connectivity index (χ4n) is 2.05. The van der Waals surface area contributed by atoms with Crippen molar-refractivity contribution in [3.63, 3.8) is 0 Å². The molecule has 2 rings (SSSR count). The zero-order valence-corrected chi connectivity index (χ0v) is 12.6. The smallest absolute Gasteiger partial charge is 0.393 e. The van der Waals surface area contributed by atoms with Crippen molar-refractivity contribution < 1.29 is 13.2 Å². The quantitative estimate of drug-likeness (QED) is 0.918. The van der Waals surface area contributed by atoms with Gasteiger partial charge in [0.2, 0.25) is 0 Å². The molecule has 118 valence electrons. The van der Waals surface area contributed by atoms with Crippen molar-refractivity contribution >= 4 is 17.3 Å². The first-order chi connectivity index (χ1) is 10.2. The standard InChI is InChI=1S/C14H13ClF3N3O/c1-3-10-11(19)13(22)21(2)12(20-10)8-5-4-7(6-9(8)15)14(16,17)18/h4-6H,3,19H2,1-2H3. The summed E-state index contributed by atoms with van der Waals surface area (Å²) >= 11 is 5.94. The minimum Gasteiger partial charge on any atom is -0.393 e. The molecule has 0 saturated carbocycles. The number of hydrogen-bond acceptors (Lipinski definition) is 3. The van der Waals surface area contributed by atoms with E-state index in [1.807, 2.05) is 0 Å². The number of anilines is 1. The van der Waals surface area contributed by atoms with Gasteiger partial charge >= 0.3 is 6.18 Å². The van der Waals surface area contributed by atoms with Crippen LogP contribution in [0.15, 0.2) is 23.0 Å². The van der Waals surface area contributed by atoms with Gasteiger partial charge in [0, 0.05) is 12.6 Å². The Bertz CT molecular complexity index is 784. The van der Waals surface area contributed by atoms with Crippen LogP contribution < -0.4 is 11.3 Å². The number of hydrogen-bond donors (Lipinski definition) is 1. The van der Waals surface area contributed by atoms with E-state index in [4.69, 9.17) is 17.3 Å². The Balaban J connectivity index is 2.68. The van der Waals surface area contributed by atoms with Crippen LogP contribution in [0, 0.1) is 0 Å². The second kappa shape index (κ2) is 5.64. The largest absolute Gasteiger partial charge is 0.416 e. The number of nitrogens with zero attached hydrogens (tertiary/aromatic N) is 2. The SMILES string of the molecule is CCc1nc(-c2ccc(C(F)(F)F)cc2Cl)n(C)c(=O)c1N. The maximum Gasteiger partial charge on any atom is 0.416 e. The number of aromatic nitrogens is 2. The fraction of sp³-hybridized carbons (Fsp3) is 0.286. The number of aryl methyl sites for hydroxylation is 1. The maximum absolute atomic E-state index is 12.7. The van der Waals surface area contributed by atoms with Crippen LogP contribution in [0.5, 0.6) is 0 Å². The van der Waals surface area contributed by atoms with Crippen molar-refractivity contribution in [2.24, 2.45) is 7.05 Å². The molecule has 0 amide bonds. The van der Waals surface area contributed by atoms with Gasteiger partial charge < -0.3 is 5.73 Å². The molecule has 0 spiro atoms. The van der Waals surface area contributed by atoms with Gasteiger partial charge in [0.1, 0.15) is 11.5 Å². The Hall–Kier alpha value is -2.02. The molecule has 0 fully saturated rings. The Labute approximate surface area is 129 Å². The minimum atomic E-state index is -4.49. The van der Waals surface area contributed by atoms with Gasteiger partial charge in [0.15, 0.2) is 0 Å². The van der Waals surface area contributed by atoms with Crippen LogP contribution in [0.2, 0.25) is 5.02 Å². The molecule has 1 heterocycles. The lowest BCUT2D eigenvalue weighted by Crippen LogP contribution is -2.25. The average molecular weight is 332 g/mol. The van der Waals surface area contributed by atoms with Gasteiger partial charge in [-0.2, -0.15) is 13.2 Å². The summed E-state index contributed by atoms with van der Waals surface area (Å²) in [7, 11) is 1.44. The van der Waals surface area contributed by atoms with Gasteiger partial charge in [-0.3, -0.25) is 9.36 Å². The predicted octanol–water partition coefficient (Wildman–Crippen LogP) is 3.26. The average Bonchev–Trinajstić information content (AvgIpc) is 2.45. The van der Waals surface area contributed by atoms with Crippen molar-refractivity contribution in [2.75, 3.05) is 5.73 Å².